The summed E-state index contributed by atoms with van der Waals surface area (Å²) in [7, 11) is 0. The monoisotopic (exact) mass is 841 g/mol. The van der Waals surface area contributed by atoms with E-state index in [0.717, 1.165) is 62.0 Å². The fourth-order valence-electron chi connectivity index (χ4n) is 5.50. The van der Waals surface area contributed by atoms with Gasteiger partial charge in [0, 0.05) is 37.3 Å². The van der Waals surface area contributed by atoms with Crippen LogP contribution < -0.4 is 4.40 Å². The summed E-state index contributed by atoms with van der Waals surface area (Å²) in [5.41, 5.74) is 9.37. The van der Waals surface area contributed by atoms with Gasteiger partial charge in [-0.3, -0.25) is 0 Å². The quantitative estimate of drug-likeness (QED) is 0.124. The third-order valence-corrected chi connectivity index (χ3v) is 12.1. The first-order valence-corrected chi connectivity index (χ1v) is 22.9. The van der Waals surface area contributed by atoms with Crippen molar-refractivity contribution < 1.29 is 24.5 Å². The van der Waals surface area contributed by atoms with Crippen molar-refractivity contribution in [1.29, 1.82) is 0 Å². The van der Waals surface area contributed by atoms with E-state index in [1.54, 1.807) is 0 Å². The maximum absolute atomic E-state index is 6.25. The number of pyridine rings is 2. The van der Waals surface area contributed by atoms with E-state index in [1.807, 2.05) is 48.8 Å². The average Bonchev–Trinajstić information content (AvgIpc) is 3.44. The molecule has 0 amide bonds. The Labute approximate surface area is 288 Å². The van der Waals surface area contributed by atoms with Gasteiger partial charge in [-0.25, -0.2) is 0 Å². The molecule has 0 saturated carbocycles. The molecule has 3 nitrogen and oxygen atoms in total. The van der Waals surface area contributed by atoms with Crippen molar-refractivity contribution in [2.75, 3.05) is 0 Å². The van der Waals surface area contributed by atoms with Crippen LogP contribution in [0.4, 0.5) is 0 Å². The number of hydrogen-bond donors (Lipinski definition) is 0. The van der Waals surface area contributed by atoms with Gasteiger partial charge in [-0.2, -0.15) is 0 Å². The first-order valence-electron chi connectivity index (χ1n) is 15.6. The first-order chi connectivity index (χ1) is 21.8. The molecule has 233 valence electrons. The molecule has 0 atom stereocenters. The summed E-state index contributed by atoms with van der Waals surface area (Å²) in [6, 6.07) is 43.9. The zero-order chi connectivity index (χ0) is 31.4. The van der Waals surface area contributed by atoms with Crippen molar-refractivity contribution in [1.82, 2.24) is 9.97 Å². The van der Waals surface area contributed by atoms with Crippen molar-refractivity contribution in [2.24, 2.45) is 5.92 Å². The Morgan fingerprint density at radius 2 is 1.54 bits per heavy atom. The van der Waals surface area contributed by atoms with Crippen LogP contribution in [0.5, 0.6) is 0 Å². The second-order valence-electron chi connectivity index (χ2n) is 12.9. The fourth-order valence-corrected chi connectivity index (χ4v) is 7.68. The summed E-state index contributed by atoms with van der Waals surface area (Å²) in [5.74, 6) is 7.76. The van der Waals surface area contributed by atoms with E-state index in [9.17, 15) is 0 Å². The Hall–Kier alpha value is -3.83. The van der Waals surface area contributed by atoms with Crippen LogP contribution in [0.1, 0.15) is 19.4 Å². The van der Waals surface area contributed by atoms with Crippen LogP contribution >= 0.6 is 0 Å². The van der Waals surface area contributed by atoms with Crippen molar-refractivity contribution in [2.45, 2.75) is 37.5 Å². The van der Waals surface area contributed by atoms with Crippen molar-refractivity contribution in [3.05, 3.63) is 139 Å². The molecule has 3 aromatic heterocycles. The van der Waals surface area contributed by atoms with E-state index >= 15 is 0 Å². The number of para-hydroxylation sites is 1. The van der Waals surface area contributed by atoms with Gasteiger partial charge in [0.05, 0.1) is 5.58 Å². The molecule has 0 N–H and O–H groups in total. The molecule has 0 unspecified atom stereocenters. The Bertz CT molecular complexity index is 2030. The van der Waals surface area contributed by atoms with Gasteiger partial charge < -0.3 is 9.40 Å². The van der Waals surface area contributed by atoms with Gasteiger partial charge in [-0.15, -0.1) is 23.8 Å². The minimum Gasteiger partial charge on any atom is 0 e. The number of furan rings is 1. The fraction of sp³-hybridized carbons (Fsp3) is 0.171. The average molecular weight is 840 g/mol. The number of benzene rings is 4. The molecule has 0 aliphatic heterocycles. The normalized spacial score (nSPS) is 11.3. The van der Waals surface area contributed by atoms with Crippen LogP contribution in [-0.4, -0.2) is 23.2 Å². The first kappa shape index (κ1) is 33.5. The number of rotatable bonds is 6. The minimum absolute atomic E-state index is 0. The maximum atomic E-state index is 6.25. The van der Waals surface area contributed by atoms with E-state index in [1.165, 1.54) is 9.96 Å². The van der Waals surface area contributed by atoms with Gasteiger partial charge in [-0.05, 0) is 29.7 Å². The predicted octanol–water partition coefficient (Wildman–Crippen LogP) is 10.4. The van der Waals surface area contributed by atoms with Gasteiger partial charge in [0.15, 0.2) is 0 Å². The second kappa shape index (κ2) is 14.7. The van der Waals surface area contributed by atoms with Crippen molar-refractivity contribution in [3.8, 4) is 33.6 Å². The third kappa shape index (κ3) is 7.75. The van der Waals surface area contributed by atoms with Crippen molar-refractivity contribution >= 4 is 39.6 Å². The Morgan fingerprint density at radius 1 is 0.739 bits per heavy atom. The zero-order valence-corrected chi connectivity index (χ0v) is 31.5. The molecule has 1 radical (unpaired) electrons. The van der Waals surface area contributed by atoms with Gasteiger partial charge in [0.25, 0.3) is 0 Å². The van der Waals surface area contributed by atoms with Gasteiger partial charge >= 0.3 is 99.8 Å². The van der Waals surface area contributed by atoms with Crippen molar-refractivity contribution in [3.63, 3.8) is 0 Å². The summed E-state index contributed by atoms with van der Waals surface area (Å²) < 4.78 is 7.70. The van der Waals surface area contributed by atoms with E-state index < -0.39 is 13.3 Å². The zero-order valence-electron chi connectivity index (χ0n) is 27.0. The molecule has 4 aromatic carbocycles. The SMILES string of the molecule is CC(C)Cc1ccnc(-c2[c-]cc3oc4c(-c5ccccc5)cccc4c3c2)c1.[CH3][Ge]([CH3])([CH3])[c]1ccc(-c2[c-]cccc2)nc1.[Ir]. The smallest absolute Gasteiger partial charge is 0 e. The maximum Gasteiger partial charge on any atom is 0 e. The van der Waals surface area contributed by atoms with Crippen LogP contribution in [0.15, 0.2) is 126 Å². The topological polar surface area (TPSA) is 38.9 Å². The number of nitrogens with zero attached hydrogens (tertiary/aromatic N) is 2. The largest absolute Gasteiger partial charge is 0 e. The molecule has 0 spiro atoms. The van der Waals surface area contributed by atoms with E-state index in [-0.39, 0.29) is 20.1 Å². The number of fused-ring (bicyclic) bond motifs is 3. The molecular weight excluding hydrogens is 801 g/mol. The molecular formula is C41H38GeIrN2O-2. The van der Waals surface area contributed by atoms with Gasteiger partial charge in [0.1, 0.15) is 5.58 Å². The Balaban J connectivity index is 0.000000209. The van der Waals surface area contributed by atoms with Gasteiger partial charge in [-0.1, -0.05) is 79.4 Å². The van der Waals surface area contributed by atoms with E-state index in [4.69, 9.17) is 4.42 Å². The van der Waals surface area contributed by atoms with E-state index in [2.05, 4.69) is 126 Å². The summed E-state index contributed by atoms with van der Waals surface area (Å²) in [4.78, 5) is 9.12. The van der Waals surface area contributed by atoms with Crippen LogP contribution in [-0.2, 0) is 26.5 Å². The summed E-state index contributed by atoms with van der Waals surface area (Å²) in [5, 5.41) is 2.22. The standard InChI is InChI=1S/C27H22NO.C14H16GeN.Ir/c1-18(2)15-19-13-14-28-25(16-19)21-11-12-26-24(17-21)23-10-6-9-22(27(23)29-26)20-7-4-3-5-8-20;1-15(2,3)13-9-10-14(16-11-13)12-7-5-4-6-8-12;/h3-10,12-14,16-18H,15H2,1-2H3;4-7,9-11H,1-3H3;/q2*-1;. The molecule has 3 heterocycles. The molecule has 0 aliphatic carbocycles. The Kier molecular flexibility index (Phi) is 10.7. The molecule has 0 saturated heterocycles. The third-order valence-electron chi connectivity index (χ3n) is 7.87. The summed E-state index contributed by atoms with van der Waals surface area (Å²) in [6.45, 7) is 4.47. The molecule has 7 aromatic rings. The van der Waals surface area contributed by atoms with Crippen LogP contribution in [0.2, 0.25) is 17.3 Å². The number of hydrogen-bond acceptors (Lipinski definition) is 3. The molecule has 7 rings (SSSR count). The van der Waals surface area contributed by atoms with Crippen LogP contribution in [0.3, 0.4) is 0 Å². The molecule has 46 heavy (non-hydrogen) atoms. The molecule has 0 bridgehead atoms. The van der Waals surface area contributed by atoms with Gasteiger partial charge in [0.2, 0.25) is 0 Å². The summed E-state index contributed by atoms with van der Waals surface area (Å²) >= 11 is -1.72. The van der Waals surface area contributed by atoms with E-state index in [0.29, 0.717) is 5.92 Å². The summed E-state index contributed by atoms with van der Waals surface area (Å²) in [6.07, 6.45) is 4.98. The molecule has 0 fully saturated rings. The molecule has 0 aliphatic rings. The van der Waals surface area contributed by atoms with Crippen LogP contribution in [0, 0.1) is 18.1 Å². The number of aromatic nitrogens is 2. The predicted molar refractivity (Wildman–Crippen MR) is 191 cm³/mol. The minimum atomic E-state index is -1.72. The van der Waals surface area contributed by atoms with Crippen LogP contribution in [0.25, 0.3) is 55.6 Å². The second-order valence-corrected chi connectivity index (χ2v) is 23.5. The Morgan fingerprint density at radius 3 is 2.24 bits per heavy atom. The molecule has 5 heteroatoms.